The van der Waals surface area contributed by atoms with Crippen LogP contribution < -0.4 is 10.1 Å². The monoisotopic (exact) mass is 325 g/mol. The summed E-state index contributed by atoms with van der Waals surface area (Å²) in [6.07, 6.45) is 0. The number of halogens is 2. The minimum Gasteiger partial charge on any atom is -0.455 e. The molecule has 0 spiro atoms. The predicted molar refractivity (Wildman–Crippen MR) is 86.6 cm³/mol. The fourth-order valence-corrected chi connectivity index (χ4v) is 2.25. The molecule has 2 aromatic carbocycles. The van der Waals surface area contributed by atoms with E-state index in [2.05, 4.69) is 5.32 Å². The average molecular weight is 326 g/mol. The van der Waals surface area contributed by atoms with Crippen molar-refractivity contribution in [1.82, 2.24) is 5.32 Å². The Hall–Kier alpha value is -1.26. The number of benzene rings is 2. The third-order valence-corrected chi connectivity index (χ3v) is 3.58. The van der Waals surface area contributed by atoms with Gasteiger partial charge in [-0.3, -0.25) is 0 Å². The zero-order valence-electron chi connectivity index (χ0n) is 11.7. The second-order valence-corrected chi connectivity index (χ2v) is 5.23. The zero-order chi connectivity index (χ0) is 15.1. The standard InChI is InChI=1S/C16H17Cl2NO2/c1-20-10-9-19-11-12-13(17)6-4-8-15(12)21-16-7-3-2-5-14(16)18/h2-8,19H,9-11H2,1H3. The van der Waals surface area contributed by atoms with Gasteiger partial charge in [-0.05, 0) is 24.3 Å². The summed E-state index contributed by atoms with van der Waals surface area (Å²) in [6.45, 7) is 1.99. The molecule has 0 saturated carbocycles. The first-order valence-corrected chi connectivity index (χ1v) is 7.37. The molecule has 112 valence electrons. The molecule has 2 rings (SSSR count). The minimum atomic E-state index is 0.566. The molecular weight excluding hydrogens is 309 g/mol. The largest absolute Gasteiger partial charge is 0.455 e. The van der Waals surface area contributed by atoms with Crippen molar-refractivity contribution in [2.24, 2.45) is 0 Å². The molecule has 0 atom stereocenters. The van der Waals surface area contributed by atoms with E-state index < -0.39 is 0 Å². The van der Waals surface area contributed by atoms with Crippen molar-refractivity contribution in [3.63, 3.8) is 0 Å². The lowest BCUT2D eigenvalue weighted by atomic mass is 10.2. The molecule has 0 radical (unpaired) electrons. The molecule has 0 aromatic heterocycles. The van der Waals surface area contributed by atoms with Crippen LogP contribution in [0.3, 0.4) is 0 Å². The minimum absolute atomic E-state index is 0.566. The number of nitrogens with one attached hydrogen (secondary N) is 1. The van der Waals surface area contributed by atoms with Crippen LogP contribution in [0.4, 0.5) is 0 Å². The Bertz CT molecular complexity index is 590. The number of hydrogen-bond donors (Lipinski definition) is 1. The number of hydrogen-bond acceptors (Lipinski definition) is 3. The van der Waals surface area contributed by atoms with E-state index in [1.807, 2.05) is 36.4 Å². The molecule has 21 heavy (non-hydrogen) atoms. The topological polar surface area (TPSA) is 30.5 Å². The van der Waals surface area contributed by atoms with Crippen LogP contribution in [-0.2, 0) is 11.3 Å². The number of rotatable bonds is 7. The molecule has 0 unspecified atom stereocenters. The van der Waals surface area contributed by atoms with Crippen molar-refractivity contribution in [2.45, 2.75) is 6.54 Å². The van der Waals surface area contributed by atoms with Gasteiger partial charge in [0.1, 0.15) is 11.5 Å². The van der Waals surface area contributed by atoms with Crippen LogP contribution >= 0.6 is 23.2 Å². The molecule has 0 aliphatic carbocycles. The van der Waals surface area contributed by atoms with E-state index in [9.17, 15) is 0 Å². The SMILES string of the molecule is COCCNCc1c(Cl)cccc1Oc1ccccc1Cl. The Morgan fingerprint density at radius 2 is 1.67 bits per heavy atom. The molecular formula is C16H17Cl2NO2. The van der Waals surface area contributed by atoms with E-state index >= 15 is 0 Å². The van der Waals surface area contributed by atoms with Crippen LogP contribution in [0.5, 0.6) is 11.5 Å². The van der Waals surface area contributed by atoms with E-state index in [0.29, 0.717) is 34.7 Å². The van der Waals surface area contributed by atoms with Gasteiger partial charge >= 0.3 is 0 Å². The van der Waals surface area contributed by atoms with Crippen LogP contribution in [0.1, 0.15) is 5.56 Å². The normalized spacial score (nSPS) is 10.6. The summed E-state index contributed by atoms with van der Waals surface area (Å²) >= 11 is 12.4. The van der Waals surface area contributed by atoms with Gasteiger partial charge < -0.3 is 14.8 Å². The van der Waals surface area contributed by atoms with E-state index in [0.717, 1.165) is 12.1 Å². The second kappa shape index (κ2) is 8.25. The summed E-state index contributed by atoms with van der Waals surface area (Å²) in [5.41, 5.74) is 0.898. The van der Waals surface area contributed by atoms with Crippen LogP contribution in [0.25, 0.3) is 0 Å². The van der Waals surface area contributed by atoms with Crippen LogP contribution in [0.15, 0.2) is 42.5 Å². The Morgan fingerprint density at radius 3 is 2.43 bits per heavy atom. The summed E-state index contributed by atoms with van der Waals surface area (Å²) < 4.78 is 10.9. The van der Waals surface area contributed by atoms with E-state index in [4.69, 9.17) is 32.7 Å². The van der Waals surface area contributed by atoms with Gasteiger partial charge in [-0.1, -0.05) is 41.4 Å². The molecule has 1 N–H and O–H groups in total. The van der Waals surface area contributed by atoms with Gasteiger partial charge in [-0.15, -0.1) is 0 Å². The van der Waals surface area contributed by atoms with Crippen molar-refractivity contribution in [3.05, 3.63) is 58.1 Å². The highest BCUT2D eigenvalue weighted by Gasteiger charge is 2.10. The third kappa shape index (κ3) is 4.61. The maximum Gasteiger partial charge on any atom is 0.146 e. The molecule has 0 heterocycles. The van der Waals surface area contributed by atoms with Crippen LogP contribution in [0.2, 0.25) is 10.0 Å². The smallest absolute Gasteiger partial charge is 0.146 e. The summed E-state index contributed by atoms with van der Waals surface area (Å²) in [4.78, 5) is 0. The van der Waals surface area contributed by atoms with Crippen molar-refractivity contribution >= 4 is 23.2 Å². The van der Waals surface area contributed by atoms with Crippen molar-refractivity contribution in [3.8, 4) is 11.5 Å². The van der Waals surface area contributed by atoms with Gasteiger partial charge in [-0.25, -0.2) is 0 Å². The first-order valence-electron chi connectivity index (χ1n) is 6.62. The van der Waals surface area contributed by atoms with E-state index in [1.165, 1.54) is 0 Å². The van der Waals surface area contributed by atoms with Gasteiger partial charge in [0.05, 0.1) is 11.6 Å². The van der Waals surface area contributed by atoms with E-state index in [-0.39, 0.29) is 0 Å². The van der Waals surface area contributed by atoms with Crippen molar-refractivity contribution < 1.29 is 9.47 Å². The molecule has 0 aliphatic heterocycles. The Morgan fingerprint density at radius 1 is 0.952 bits per heavy atom. The van der Waals surface area contributed by atoms with Crippen LogP contribution in [0, 0.1) is 0 Å². The molecule has 2 aromatic rings. The summed E-state index contributed by atoms with van der Waals surface area (Å²) in [6, 6.07) is 12.9. The second-order valence-electron chi connectivity index (χ2n) is 4.42. The zero-order valence-corrected chi connectivity index (χ0v) is 13.2. The van der Waals surface area contributed by atoms with Gasteiger partial charge in [-0.2, -0.15) is 0 Å². The highest BCUT2D eigenvalue weighted by molar-refractivity contribution is 6.32. The molecule has 5 heteroatoms. The molecule has 0 aliphatic rings. The lowest BCUT2D eigenvalue weighted by Gasteiger charge is -2.14. The summed E-state index contributed by atoms with van der Waals surface area (Å²) in [5.74, 6) is 1.31. The van der Waals surface area contributed by atoms with Gasteiger partial charge in [0.15, 0.2) is 0 Å². The summed E-state index contributed by atoms with van der Waals surface area (Å²) in [7, 11) is 1.67. The molecule has 3 nitrogen and oxygen atoms in total. The molecule has 0 amide bonds. The molecule has 0 bridgehead atoms. The quantitative estimate of drug-likeness (QED) is 0.759. The fourth-order valence-electron chi connectivity index (χ4n) is 1.84. The number of para-hydroxylation sites is 1. The predicted octanol–water partition coefficient (Wildman–Crippen LogP) is 4.52. The number of methoxy groups -OCH3 is 1. The number of ether oxygens (including phenoxy) is 2. The average Bonchev–Trinajstić information content (AvgIpc) is 2.48. The maximum atomic E-state index is 6.26. The first-order chi connectivity index (χ1) is 10.2. The Labute approximate surface area is 134 Å². The summed E-state index contributed by atoms with van der Waals surface area (Å²) in [5, 5.41) is 4.48. The third-order valence-electron chi connectivity index (χ3n) is 2.92. The van der Waals surface area contributed by atoms with Gasteiger partial charge in [0.25, 0.3) is 0 Å². The van der Waals surface area contributed by atoms with Crippen molar-refractivity contribution in [1.29, 1.82) is 0 Å². The lowest BCUT2D eigenvalue weighted by Crippen LogP contribution is -2.19. The maximum absolute atomic E-state index is 6.26. The fraction of sp³-hybridized carbons (Fsp3) is 0.250. The molecule has 0 saturated heterocycles. The van der Waals surface area contributed by atoms with Gasteiger partial charge in [0, 0.05) is 30.8 Å². The molecule has 0 fully saturated rings. The van der Waals surface area contributed by atoms with Gasteiger partial charge in [0.2, 0.25) is 0 Å². The van der Waals surface area contributed by atoms with Crippen LogP contribution in [-0.4, -0.2) is 20.3 Å². The van der Waals surface area contributed by atoms with Crippen molar-refractivity contribution in [2.75, 3.05) is 20.3 Å². The van der Waals surface area contributed by atoms with E-state index in [1.54, 1.807) is 13.2 Å². The lowest BCUT2D eigenvalue weighted by molar-refractivity contribution is 0.199. The highest BCUT2D eigenvalue weighted by atomic mass is 35.5. The Balaban J connectivity index is 2.15. The highest BCUT2D eigenvalue weighted by Crippen LogP contribution is 2.33. The Kier molecular flexibility index (Phi) is 6.33. The first kappa shape index (κ1) is 16.1.